The fraction of sp³-hybridized carbons (Fsp3) is 0.176. The number of hydrogen-bond donors (Lipinski definition) is 1. The van der Waals surface area contributed by atoms with Crippen LogP contribution in [0, 0.1) is 13.8 Å². The molecule has 3 rings (SSSR count). The molecule has 3 aromatic rings. The summed E-state index contributed by atoms with van der Waals surface area (Å²) in [5, 5.41) is 1.10. The Morgan fingerprint density at radius 2 is 1.85 bits per heavy atom. The van der Waals surface area contributed by atoms with E-state index in [0.717, 1.165) is 33.3 Å². The number of pyridine rings is 2. The molecule has 0 amide bonds. The molecule has 1 aromatic carbocycles. The van der Waals surface area contributed by atoms with Crippen molar-refractivity contribution in [2.75, 3.05) is 0 Å². The van der Waals surface area contributed by atoms with Crippen molar-refractivity contribution in [1.82, 2.24) is 9.97 Å². The van der Waals surface area contributed by atoms with Gasteiger partial charge >= 0.3 is 0 Å². The largest absolute Gasteiger partial charge is 0.319 e. The van der Waals surface area contributed by atoms with E-state index in [2.05, 4.69) is 16.0 Å². The minimum absolute atomic E-state index is 0.255. The topological polar surface area (TPSA) is 51.8 Å². The summed E-state index contributed by atoms with van der Waals surface area (Å²) in [7, 11) is 0. The van der Waals surface area contributed by atoms with Gasteiger partial charge in [-0.3, -0.25) is 9.97 Å². The zero-order valence-corrected chi connectivity index (χ0v) is 11.7. The normalized spacial score (nSPS) is 12.6. The van der Waals surface area contributed by atoms with Crippen molar-refractivity contribution in [2.45, 2.75) is 19.9 Å². The number of benzene rings is 1. The summed E-state index contributed by atoms with van der Waals surface area (Å²) in [5.41, 5.74) is 11.6. The molecule has 2 N–H and O–H groups in total. The fourth-order valence-electron chi connectivity index (χ4n) is 2.58. The van der Waals surface area contributed by atoms with Gasteiger partial charge in [-0.2, -0.15) is 0 Å². The summed E-state index contributed by atoms with van der Waals surface area (Å²) in [6.45, 7) is 4.09. The zero-order valence-electron chi connectivity index (χ0n) is 11.7. The fourth-order valence-corrected chi connectivity index (χ4v) is 2.58. The first-order valence-corrected chi connectivity index (χ1v) is 6.69. The molecule has 0 aliphatic heterocycles. The minimum Gasteiger partial charge on any atom is -0.319 e. The maximum absolute atomic E-state index is 6.43. The number of para-hydroxylation sites is 1. The van der Waals surface area contributed by atoms with E-state index in [0.29, 0.717) is 0 Å². The second-order valence-electron chi connectivity index (χ2n) is 5.11. The average molecular weight is 263 g/mol. The first-order chi connectivity index (χ1) is 9.66. The molecule has 0 fully saturated rings. The first kappa shape index (κ1) is 12.8. The summed E-state index contributed by atoms with van der Waals surface area (Å²) < 4.78 is 0. The Bertz CT molecular complexity index is 760. The van der Waals surface area contributed by atoms with Crippen molar-refractivity contribution in [2.24, 2.45) is 5.73 Å². The summed E-state index contributed by atoms with van der Waals surface area (Å²) >= 11 is 0. The Morgan fingerprint density at radius 3 is 2.65 bits per heavy atom. The maximum Gasteiger partial charge on any atom is 0.0753 e. The quantitative estimate of drug-likeness (QED) is 0.771. The van der Waals surface area contributed by atoms with Gasteiger partial charge in [0.25, 0.3) is 0 Å². The van der Waals surface area contributed by atoms with E-state index in [4.69, 9.17) is 5.73 Å². The van der Waals surface area contributed by atoms with Gasteiger partial charge in [-0.1, -0.05) is 30.3 Å². The van der Waals surface area contributed by atoms with E-state index >= 15 is 0 Å². The molecule has 2 heterocycles. The monoisotopic (exact) mass is 263 g/mol. The maximum atomic E-state index is 6.43. The van der Waals surface area contributed by atoms with Crippen molar-refractivity contribution in [1.29, 1.82) is 0 Å². The number of nitrogens with zero attached hydrogens (tertiary/aromatic N) is 2. The van der Waals surface area contributed by atoms with Crippen LogP contribution in [0.2, 0.25) is 0 Å². The highest BCUT2D eigenvalue weighted by Gasteiger charge is 2.16. The number of hydrogen-bond acceptors (Lipinski definition) is 3. The van der Waals surface area contributed by atoms with Gasteiger partial charge < -0.3 is 5.73 Å². The second-order valence-corrected chi connectivity index (χ2v) is 5.11. The van der Waals surface area contributed by atoms with Crippen molar-refractivity contribution in [3.8, 4) is 0 Å². The molecule has 0 radical (unpaired) electrons. The molecule has 100 valence electrons. The van der Waals surface area contributed by atoms with E-state index in [9.17, 15) is 0 Å². The van der Waals surface area contributed by atoms with Crippen LogP contribution in [0.1, 0.15) is 28.4 Å². The minimum atomic E-state index is -0.255. The molecular formula is C17H17N3. The molecule has 20 heavy (non-hydrogen) atoms. The second kappa shape index (κ2) is 5.02. The Labute approximate surface area is 118 Å². The van der Waals surface area contributed by atoms with E-state index in [-0.39, 0.29) is 6.04 Å². The molecule has 3 heteroatoms. The third-order valence-electron chi connectivity index (χ3n) is 3.55. The Morgan fingerprint density at radius 1 is 1.05 bits per heavy atom. The summed E-state index contributed by atoms with van der Waals surface area (Å²) in [5.74, 6) is 0. The molecule has 1 unspecified atom stereocenters. The molecule has 0 spiro atoms. The van der Waals surface area contributed by atoms with Gasteiger partial charge in [0.1, 0.15) is 0 Å². The SMILES string of the molecule is Cc1cnc(C(N)c2cccc3cccnc23)c(C)c1. The molecule has 0 saturated heterocycles. The van der Waals surface area contributed by atoms with Crippen LogP contribution in [0.15, 0.2) is 48.8 Å². The van der Waals surface area contributed by atoms with E-state index in [1.165, 1.54) is 0 Å². The number of aryl methyl sites for hydroxylation is 2. The van der Waals surface area contributed by atoms with Gasteiger partial charge in [0.2, 0.25) is 0 Å². The van der Waals surface area contributed by atoms with Crippen LogP contribution in [0.3, 0.4) is 0 Å². The van der Waals surface area contributed by atoms with Crippen molar-refractivity contribution in [3.63, 3.8) is 0 Å². The summed E-state index contributed by atoms with van der Waals surface area (Å²) in [4.78, 5) is 8.98. The standard InChI is InChI=1S/C17H17N3/c1-11-9-12(2)16(20-10-11)15(18)14-7-3-5-13-6-4-8-19-17(13)14/h3-10,15H,18H2,1-2H3. The van der Waals surface area contributed by atoms with E-state index in [1.54, 1.807) is 6.20 Å². The molecule has 0 saturated carbocycles. The van der Waals surface area contributed by atoms with Crippen LogP contribution in [0.25, 0.3) is 10.9 Å². The molecule has 0 aliphatic carbocycles. The van der Waals surface area contributed by atoms with Crippen molar-refractivity contribution >= 4 is 10.9 Å². The summed E-state index contributed by atoms with van der Waals surface area (Å²) in [6.07, 6.45) is 3.66. The number of aromatic nitrogens is 2. The third-order valence-corrected chi connectivity index (χ3v) is 3.55. The van der Waals surface area contributed by atoms with Gasteiger partial charge in [-0.15, -0.1) is 0 Å². The van der Waals surface area contributed by atoms with E-state index < -0.39 is 0 Å². The molecule has 1 atom stereocenters. The highest BCUT2D eigenvalue weighted by Crippen LogP contribution is 2.26. The molecule has 0 bridgehead atoms. The molecular weight excluding hydrogens is 246 g/mol. The third kappa shape index (κ3) is 2.17. The van der Waals surface area contributed by atoms with Crippen LogP contribution in [0.5, 0.6) is 0 Å². The summed E-state index contributed by atoms with van der Waals surface area (Å²) in [6, 6.07) is 11.9. The Kier molecular flexibility index (Phi) is 3.20. The zero-order chi connectivity index (χ0) is 14.1. The van der Waals surface area contributed by atoms with Crippen LogP contribution in [-0.2, 0) is 0 Å². The van der Waals surface area contributed by atoms with Gasteiger partial charge in [0.05, 0.1) is 17.3 Å². The van der Waals surface area contributed by atoms with Crippen LogP contribution in [-0.4, -0.2) is 9.97 Å². The van der Waals surface area contributed by atoms with Crippen molar-refractivity contribution in [3.05, 3.63) is 71.2 Å². The average Bonchev–Trinajstić information content (AvgIpc) is 2.46. The smallest absolute Gasteiger partial charge is 0.0753 e. The Balaban J connectivity index is 2.15. The highest BCUT2D eigenvalue weighted by atomic mass is 14.8. The van der Waals surface area contributed by atoms with Gasteiger partial charge in [-0.25, -0.2) is 0 Å². The van der Waals surface area contributed by atoms with Crippen LogP contribution >= 0.6 is 0 Å². The van der Waals surface area contributed by atoms with Gasteiger partial charge in [-0.05, 0) is 31.0 Å². The highest BCUT2D eigenvalue weighted by molar-refractivity contribution is 5.82. The van der Waals surface area contributed by atoms with Crippen molar-refractivity contribution < 1.29 is 0 Å². The van der Waals surface area contributed by atoms with Crippen LogP contribution in [0.4, 0.5) is 0 Å². The lowest BCUT2D eigenvalue weighted by Gasteiger charge is -2.16. The molecule has 0 aliphatic rings. The predicted octanol–water partition coefficient (Wildman–Crippen LogP) is 3.29. The lowest BCUT2D eigenvalue weighted by Crippen LogP contribution is -2.16. The van der Waals surface area contributed by atoms with Gasteiger partial charge in [0, 0.05) is 23.3 Å². The number of nitrogens with two attached hydrogens (primary N) is 1. The lowest BCUT2D eigenvalue weighted by molar-refractivity contribution is 0.820. The molecule has 2 aromatic heterocycles. The van der Waals surface area contributed by atoms with Gasteiger partial charge in [0.15, 0.2) is 0 Å². The lowest BCUT2D eigenvalue weighted by atomic mass is 9.97. The predicted molar refractivity (Wildman–Crippen MR) is 81.5 cm³/mol. The first-order valence-electron chi connectivity index (χ1n) is 6.69. The Hall–Kier alpha value is -2.26. The van der Waals surface area contributed by atoms with Crippen LogP contribution < -0.4 is 5.73 Å². The van der Waals surface area contributed by atoms with E-state index in [1.807, 2.05) is 50.4 Å². The number of rotatable bonds is 2. The molecule has 3 nitrogen and oxygen atoms in total. The number of fused-ring (bicyclic) bond motifs is 1.